The molecule has 4 heteroatoms. The molecule has 0 radical (unpaired) electrons. The summed E-state index contributed by atoms with van der Waals surface area (Å²) in [5, 5.41) is 3.63. The van der Waals surface area contributed by atoms with E-state index in [1.165, 1.54) is 86.0 Å². The lowest BCUT2D eigenvalue weighted by Crippen LogP contribution is -2.22. The first-order valence-electron chi connectivity index (χ1n) is 9.58. The molecule has 0 aliphatic carbocycles. The topological polar surface area (TPSA) is 21.8 Å². The number of anilines is 6. The second-order valence-corrected chi connectivity index (χ2v) is 7.48. The third-order valence-electron chi connectivity index (χ3n) is 5.90. The molecule has 0 saturated carbocycles. The predicted octanol–water partition coefficient (Wildman–Crippen LogP) is 4.71. The van der Waals surface area contributed by atoms with Crippen molar-refractivity contribution in [3.8, 4) is 0 Å². The molecule has 0 aromatic heterocycles. The quantitative estimate of drug-likeness (QED) is 0.858. The van der Waals surface area contributed by atoms with E-state index in [2.05, 4.69) is 63.5 Å². The molecule has 3 aliphatic heterocycles. The van der Waals surface area contributed by atoms with Gasteiger partial charge in [0.1, 0.15) is 0 Å². The highest BCUT2D eigenvalue weighted by Crippen LogP contribution is 2.45. The summed E-state index contributed by atoms with van der Waals surface area (Å²) in [4.78, 5) is 7.36. The molecular formula is C21H26N4. The van der Waals surface area contributed by atoms with Gasteiger partial charge in [0.05, 0.1) is 22.7 Å². The maximum Gasteiger partial charge on any atom is 0.0668 e. The van der Waals surface area contributed by atoms with Crippen LogP contribution < -0.4 is 20.0 Å². The van der Waals surface area contributed by atoms with Gasteiger partial charge in [-0.05, 0) is 62.1 Å². The van der Waals surface area contributed by atoms with Crippen molar-refractivity contribution in [1.29, 1.82) is 0 Å². The van der Waals surface area contributed by atoms with Gasteiger partial charge in [0.2, 0.25) is 0 Å². The normalized spacial score (nSPS) is 19.0. The molecular weight excluding hydrogens is 308 g/mol. The van der Waals surface area contributed by atoms with Crippen molar-refractivity contribution in [3.63, 3.8) is 0 Å². The zero-order valence-electron chi connectivity index (χ0n) is 15.0. The van der Waals surface area contributed by atoms with Gasteiger partial charge in [-0.15, -0.1) is 0 Å². The summed E-state index contributed by atoms with van der Waals surface area (Å²) >= 11 is 0. The van der Waals surface area contributed by atoms with E-state index in [1.54, 1.807) is 0 Å². The van der Waals surface area contributed by atoms with Crippen LogP contribution in [0.1, 0.15) is 25.7 Å². The minimum atomic E-state index is 1.19. The maximum absolute atomic E-state index is 3.63. The van der Waals surface area contributed by atoms with Crippen molar-refractivity contribution < 1.29 is 0 Å². The SMILES string of the molecule is CN1c2cc(N3CCCC3)ccc2Nc2ccc(N3CCCC3)cc21. The molecule has 5 rings (SSSR count). The smallest absolute Gasteiger partial charge is 0.0668 e. The largest absolute Gasteiger partial charge is 0.371 e. The average Bonchev–Trinajstić information content (AvgIpc) is 3.35. The van der Waals surface area contributed by atoms with Gasteiger partial charge < -0.3 is 20.0 Å². The van der Waals surface area contributed by atoms with Crippen molar-refractivity contribution >= 4 is 34.1 Å². The first-order valence-corrected chi connectivity index (χ1v) is 9.58. The van der Waals surface area contributed by atoms with E-state index in [4.69, 9.17) is 0 Å². The Morgan fingerprint density at radius 1 is 0.680 bits per heavy atom. The van der Waals surface area contributed by atoms with Crippen LogP contribution in [0.15, 0.2) is 36.4 Å². The van der Waals surface area contributed by atoms with Crippen LogP contribution in [0.25, 0.3) is 0 Å². The van der Waals surface area contributed by atoms with Gasteiger partial charge >= 0.3 is 0 Å². The molecule has 3 heterocycles. The van der Waals surface area contributed by atoms with Gasteiger partial charge in [-0.1, -0.05) is 0 Å². The molecule has 2 fully saturated rings. The Balaban J connectivity index is 1.50. The van der Waals surface area contributed by atoms with E-state index in [-0.39, 0.29) is 0 Å². The van der Waals surface area contributed by atoms with Crippen molar-refractivity contribution in [2.45, 2.75) is 25.7 Å². The van der Waals surface area contributed by atoms with E-state index in [0.29, 0.717) is 0 Å². The predicted molar refractivity (Wildman–Crippen MR) is 107 cm³/mol. The summed E-state index contributed by atoms with van der Waals surface area (Å²) in [5.74, 6) is 0. The molecule has 0 bridgehead atoms. The molecule has 2 aromatic carbocycles. The van der Waals surface area contributed by atoms with Crippen LogP contribution in [0.5, 0.6) is 0 Å². The molecule has 4 nitrogen and oxygen atoms in total. The van der Waals surface area contributed by atoms with Crippen molar-refractivity contribution in [2.75, 3.05) is 53.2 Å². The summed E-state index contributed by atoms with van der Waals surface area (Å²) in [5.41, 5.74) is 7.65. The van der Waals surface area contributed by atoms with Crippen molar-refractivity contribution in [2.24, 2.45) is 0 Å². The Kier molecular flexibility index (Phi) is 3.51. The van der Waals surface area contributed by atoms with E-state index < -0.39 is 0 Å². The van der Waals surface area contributed by atoms with Gasteiger partial charge in [0.15, 0.2) is 0 Å². The highest BCUT2D eigenvalue weighted by molar-refractivity contribution is 5.94. The number of fused-ring (bicyclic) bond motifs is 2. The molecule has 2 aromatic rings. The number of rotatable bonds is 2. The summed E-state index contributed by atoms with van der Waals surface area (Å²) in [7, 11) is 2.19. The first-order chi connectivity index (χ1) is 12.3. The number of hydrogen-bond donors (Lipinski definition) is 1. The van der Waals surface area contributed by atoms with E-state index in [0.717, 1.165) is 0 Å². The third-order valence-corrected chi connectivity index (χ3v) is 5.90. The standard InChI is InChI=1S/C21H26N4/c1-23-20-14-16(24-10-2-3-11-24)6-8-18(20)22-19-9-7-17(15-21(19)23)25-12-4-5-13-25/h6-9,14-15,22H,2-5,10-13H2,1H3. The van der Waals surface area contributed by atoms with Gasteiger partial charge in [-0.2, -0.15) is 0 Å². The van der Waals surface area contributed by atoms with Crippen LogP contribution in [0.4, 0.5) is 34.1 Å². The van der Waals surface area contributed by atoms with Crippen LogP contribution in [0.3, 0.4) is 0 Å². The lowest BCUT2D eigenvalue weighted by Gasteiger charge is -2.33. The molecule has 130 valence electrons. The average molecular weight is 334 g/mol. The van der Waals surface area contributed by atoms with Crippen LogP contribution in [0.2, 0.25) is 0 Å². The van der Waals surface area contributed by atoms with Gasteiger partial charge in [0.25, 0.3) is 0 Å². The molecule has 1 N–H and O–H groups in total. The van der Waals surface area contributed by atoms with Crippen LogP contribution in [-0.4, -0.2) is 33.2 Å². The number of benzene rings is 2. The van der Waals surface area contributed by atoms with Gasteiger partial charge in [0, 0.05) is 44.6 Å². The van der Waals surface area contributed by atoms with E-state index in [9.17, 15) is 0 Å². The molecule has 0 unspecified atom stereocenters. The molecule has 3 aliphatic rings. The highest BCUT2D eigenvalue weighted by atomic mass is 15.2. The Hall–Kier alpha value is -2.36. The zero-order valence-corrected chi connectivity index (χ0v) is 15.0. The molecule has 25 heavy (non-hydrogen) atoms. The Labute approximate surface area is 150 Å². The fourth-order valence-corrected chi connectivity index (χ4v) is 4.43. The van der Waals surface area contributed by atoms with Crippen LogP contribution >= 0.6 is 0 Å². The van der Waals surface area contributed by atoms with Crippen molar-refractivity contribution in [3.05, 3.63) is 36.4 Å². The fraction of sp³-hybridized carbons (Fsp3) is 0.429. The van der Waals surface area contributed by atoms with E-state index in [1.807, 2.05) is 0 Å². The monoisotopic (exact) mass is 334 g/mol. The highest BCUT2D eigenvalue weighted by Gasteiger charge is 2.23. The summed E-state index contributed by atoms with van der Waals surface area (Å²) in [6.07, 6.45) is 5.25. The third kappa shape index (κ3) is 2.51. The Morgan fingerprint density at radius 3 is 1.56 bits per heavy atom. The molecule has 0 amide bonds. The Morgan fingerprint density at radius 2 is 1.12 bits per heavy atom. The second kappa shape index (κ2) is 5.87. The lowest BCUT2D eigenvalue weighted by atomic mass is 10.1. The molecule has 0 atom stereocenters. The number of nitrogens with zero attached hydrogens (tertiary/aromatic N) is 3. The van der Waals surface area contributed by atoms with Gasteiger partial charge in [-0.3, -0.25) is 0 Å². The zero-order chi connectivity index (χ0) is 16.8. The Bertz CT molecular complexity index is 723. The van der Waals surface area contributed by atoms with Crippen molar-refractivity contribution in [1.82, 2.24) is 0 Å². The van der Waals surface area contributed by atoms with E-state index >= 15 is 0 Å². The number of nitrogens with one attached hydrogen (secondary N) is 1. The minimum absolute atomic E-state index is 1.19. The number of hydrogen-bond acceptors (Lipinski definition) is 4. The molecule has 2 saturated heterocycles. The lowest BCUT2D eigenvalue weighted by molar-refractivity contribution is 0.949. The fourth-order valence-electron chi connectivity index (χ4n) is 4.43. The summed E-state index contributed by atoms with van der Waals surface area (Å²) < 4.78 is 0. The summed E-state index contributed by atoms with van der Waals surface area (Å²) in [6, 6.07) is 13.7. The first kappa shape index (κ1) is 14.9. The van der Waals surface area contributed by atoms with Gasteiger partial charge in [-0.25, -0.2) is 0 Å². The second-order valence-electron chi connectivity index (χ2n) is 7.48. The molecule has 0 spiro atoms. The van der Waals surface area contributed by atoms with Crippen LogP contribution in [0, 0.1) is 0 Å². The minimum Gasteiger partial charge on any atom is -0.371 e. The maximum atomic E-state index is 3.63. The van der Waals surface area contributed by atoms with Crippen LogP contribution in [-0.2, 0) is 0 Å². The summed E-state index contributed by atoms with van der Waals surface area (Å²) in [6.45, 7) is 4.74.